The van der Waals surface area contributed by atoms with E-state index in [1.165, 1.54) is 25.7 Å². The Balaban J connectivity index is 1.69. The van der Waals surface area contributed by atoms with E-state index >= 15 is 0 Å². The maximum atomic E-state index is 12.5. The van der Waals surface area contributed by atoms with Gasteiger partial charge in [0.25, 0.3) is 0 Å². The normalized spacial score (nSPS) is 27.6. The molecule has 2 atom stereocenters. The second-order valence-corrected chi connectivity index (χ2v) is 7.42. The molecule has 2 aliphatic rings. The van der Waals surface area contributed by atoms with Crippen molar-refractivity contribution >= 4 is 5.91 Å². The second-order valence-electron chi connectivity index (χ2n) is 7.42. The molecule has 0 aromatic heterocycles. The first kappa shape index (κ1) is 18.7. The van der Waals surface area contributed by atoms with Crippen molar-refractivity contribution in [2.45, 2.75) is 71.3 Å². The first-order valence-electron chi connectivity index (χ1n) is 9.81. The van der Waals surface area contributed by atoms with E-state index in [0.717, 1.165) is 58.5 Å². The predicted octanol–water partition coefficient (Wildman–Crippen LogP) is 3.21. The maximum absolute atomic E-state index is 12.5. The van der Waals surface area contributed by atoms with E-state index in [4.69, 9.17) is 4.74 Å². The zero-order valence-corrected chi connectivity index (χ0v) is 15.2. The summed E-state index contributed by atoms with van der Waals surface area (Å²) in [6.07, 6.45) is 9.46. The van der Waals surface area contributed by atoms with Gasteiger partial charge in [0.15, 0.2) is 0 Å². The molecule has 2 rings (SSSR count). The lowest BCUT2D eigenvalue weighted by molar-refractivity contribution is -0.126. The molecule has 134 valence electrons. The Hall–Kier alpha value is -0.610. The Morgan fingerprint density at radius 3 is 2.57 bits per heavy atom. The third-order valence-electron chi connectivity index (χ3n) is 5.51. The first-order chi connectivity index (χ1) is 11.2. The zero-order chi connectivity index (χ0) is 16.5. The van der Waals surface area contributed by atoms with Crippen molar-refractivity contribution < 1.29 is 9.53 Å². The lowest BCUT2D eigenvalue weighted by Gasteiger charge is -2.37. The number of nitrogens with zero attached hydrogens (tertiary/aromatic N) is 1. The Bertz CT molecular complexity index is 340. The molecule has 0 radical (unpaired) electrons. The molecule has 1 heterocycles. The van der Waals surface area contributed by atoms with Crippen LogP contribution in [0.4, 0.5) is 0 Å². The molecule has 0 aromatic carbocycles. The van der Waals surface area contributed by atoms with Crippen LogP contribution < -0.4 is 5.32 Å². The largest absolute Gasteiger partial charge is 0.382 e. The molecule has 0 unspecified atom stereocenters. The zero-order valence-electron chi connectivity index (χ0n) is 15.2. The molecule has 4 nitrogen and oxygen atoms in total. The molecular formula is C19H36N2O2. The van der Waals surface area contributed by atoms with E-state index < -0.39 is 0 Å². The highest BCUT2D eigenvalue weighted by molar-refractivity contribution is 5.79. The van der Waals surface area contributed by atoms with Crippen molar-refractivity contribution in [1.29, 1.82) is 0 Å². The number of carbonyl (C=O) groups is 1. The summed E-state index contributed by atoms with van der Waals surface area (Å²) >= 11 is 0. The molecule has 1 aliphatic heterocycles. The molecule has 1 N–H and O–H groups in total. The molecule has 0 spiro atoms. The average Bonchev–Trinajstić information content (AvgIpc) is 2.83. The number of rotatable bonds is 7. The molecule has 2 fully saturated rings. The summed E-state index contributed by atoms with van der Waals surface area (Å²) in [6, 6.07) is 0.369. The number of piperidine rings is 1. The number of carbonyl (C=O) groups excluding carboxylic acids is 1. The molecule has 0 bridgehead atoms. The molecular weight excluding hydrogens is 288 g/mol. The standard InChI is InChI=1S/C19H36N2O2/c1-3-23-14-8-12-21-13-11-18(16(2)15-21)20-19(22)17-9-6-4-5-7-10-17/h16-18H,3-15H2,1-2H3,(H,20,22)/t16-,18-/m1/s1. The van der Waals surface area contributed by atoms with Gasteiger partial charge in [-0.25, -0.2) is 0 Å². The van der Waals surface area contributed by atoms with Gasteiger partial charge >= 0.3 is 0 Å². The van der Waals surface area contributed by atoms with Crippen LogP contribution in [0.2, 0.25) is 0 Å². The molecule has 4 heteroatoms. The highest BCUT2D eigenvalue weighted by Crippen LogP contribution is 2.24. The van der Waals surface area contributed by atoms with Crippen LogP contribution in [-0.2, 0) is 9.53 Å². The van der Waals surface area contributed by atoms with Gasteiger partial charge in [-0.2, -0.15) is 0 Å². The molecule has 1 saturated carbocycles. The van der Waals surface area contributed by atoms with Crippen molar-refractivity contribution in [1.82, 2.24) is 10.2 Å². The number of hydrogen-bond acceptors (Lipinski definition) is 3. The van der Waals surface area contributed by atoms with Gasteiger partial charge < -0.3 is 15.0 Å². The average molecular weight is 325 g/mol. The van der Waals surface area contributed by atoms with Crippen molar-refractivity contribution in [3.8, 4) is 0 Å². The SMILES string of the molecule is CCOCCCN1CC[C@@H](NC(=O)C2CCCCCC2)[C@H](C)C1. The van der Waals surface area contributed by atoms with E-state index in [-0.39, 0.29) is 5.92 Å². The van der Waals surface area contributed by atoms with Crippen LogP contribution in [0, 0.1) is 11.8 Å². The highest BCUT2D eigenvalue weighted by Gasteiger charge is 2.29. The van der Waals surface area contributed by atoms with Crippen LogP contribution in [-0.4, -0.2) is 49.7 Å². The molecule has 0 aromatic rings. The number of hydrogen-bond donors (Lipinski definition) is 1. The molecule has 1 saturated heterocycles. The Labute approximate surface area is 142 Å². The van der Waals surface area contributed by atoms with E-state index in [1.54, 1.807) is 0 Å². The molecule has 23 heavy (non-hydrogen) atoms. The van der Waals surface area contributed by atoms with Crippen LogP contribution in [0.15, 0.2) is 0 Å². The summed E-state index contributed by atoms with van der Waals surface area (Å²) in [6.45, 7) is 9.33. The van der Waals surface area contributed by atoms with Gasteiger partial charge in [0.2, 0.25) is 5.91 Å². The topological polar surface area (TPSA) is 41.6 Å². The van der Waals surface area contributed by atoms with Crippen molar-refractivity contribution in [2.75, 3.05) is 32.8 Å². The second kappa shape index (κ2) is 10.3. The van der Waals surface area contributed by atoms with Gasteiger partial charge in [0, 0.05) is 44.8 Å². The van der Waals surface area contributed by atoms with E-state index in [9.17, 15) is 4.79 Å². The predicted molar refractivity (Wildman–Crippen MR) is 94.5 cm³/mol. The fourth-order valence-electron chi connectivity index (χ4n) is 4.03. The third-order valence-corrected chi connectivity index (χ3v) is 5.51. The van der Waals surface area contributed by atoms with Crippen molar-refractivity contribution in [3.63, 3.8) is 0 Å². The van der Waals surface area contributed by atoms with Crippen LogP contribution in [0.3, 0.4) is 0 Å². The van der Waals surface area contributed by atoms with Crippen LogP contribution in [0.1, 0.15) is 65.2 Å². The van der Waals surface area contributed by atoms with E-state index in [2.05, 4.69) is 17.1 Å². The molecule has 1 aliphatic carbocycles. The Morgan fingerprint density at radius 1 is 1.17 bits per heavy atom. The van der Waals surface area contributed by atoms with Gasteiger partial charge in [-0.3, -0.25) is 4.79 Å². The summed E-state index contributed by atoms with van der Waals surface area (Å²) < 4.78 is 5.42. The number of ether oxygens (including phenoxy) is 1. The molecule has 1 amide bonds. The summed E-state index contributed by atoms with van der Waals surface area (Å²) in [5, 5.41) is 3.37. The first-order valence-corrected chi connectivity index (χ1v) is 9.81. The maximum Gasteiger partial charge on any atom is 0.223 e. The highest BCUT2D eigenvalue weighted by atomic mass is 16.5. The lowest BCUT2D eigenvalue weighted by atomic mass is 9.92. The smallest absolute Gasteiger partial charge is 0.223 e. The fraction of sp³-hybridized carbons (Fsp3) is 0.947. The van der Waals surface area contributed by atoms with Crippen LogP contribution in [0.25, 0.3) is 0 Å². The number of nitrogens with one attached hydrogen (secondary N) is 1. The Kier molecular flexibility index (Phi) is 8.38. The summed E-state index contributed by atoms with van der Waals surface area (Å²) in [4.78, 5) is 15.1. The Morgan fingerprint density at radius 2 is 1.91 bits per heavy atom. The van der Waals surface area contributed by atoms with Gasteiger partial charge in [0.05, 0.1) is 0 Å². The van der Waals surface area contributed by atoms with Crippen molar-refractivity contribution in [2.24, 2.45) is 11.8 Å². The van der Waals surface area contributed by atoms with E-state index in [0.29, 0.717) is 17.9 Å². The van der Waals surface area contributed by atoms with Gasteiger partial charge in [-0.05, 0) is 38.5 Å². The number of likely N-dealkylation sites (tertiary alicyclic amines) is 1. The summed E-state index contributed by atoms with van der Waals surface area (Å²) in [5.74, 6) is 1.15. The van der Waals surface area contributed by atoms with Gasteiger partial charge in [-0.15, -0.1) is 0 Å². The summed E-state index contributed by atoms with van der Waals surface area (Å²) in [5.41, 5.74) is 0. The minimum Gasteiger partial charge on any atom is -0.382 e. The van der Waals surface area contributed by atoms with Gasteiger partial charge in [-0.1, -0.05) is 32.6 Å². The monoisotopic (exact) mass is 324 g/mol. The van der Waals surface area contributed by atoms with Crippen LogP contribution >= 0.6 is 0 Å². The quantitative estimate of drug-likeness (QED) is 0.577. The lowest BCUT2D eigenvalue weighted by Crippen LogP contribution is -2.51. The van der Waals surface area contributed by atoms with Gasteiger partial charge in [0.1, 0.15) is 0 Å². The minimum atomic E-state index is 0.272. The third kappa shape index (κ3) is 6.42. The van der Waals surface area contributed by atoms with Crippen molar-refractivity contribution in [3.05, 3.63) is 0 Å². The van der Waals surface area contributed by atoms with Crippen LogP contribution in [0.5, 0.6) is 0 Å². The summed E-state index contributed by atoms with van der Waals surface area (Å²) in [7, 11) is 0. The fourth-order valence-corrected chi connectivity index (χ4v) is 4.03. The van der Waals surface area contributed by atoms with E-state index in [1.807, 2.05) is 6.92 Å². The minimum absolute atomic E-state index is 0.272. The number of amides is 1.